The van der Waals surface area contributed by atoms with E-state index in [0.717, 1.165) is 12.1 Å². The molecule has 2 amide bonds. The SMILES string of the molecule is Cc1c(NC(=O)c2ccc(F)cc2N)cccc1C(N)=O. The summed E-state index contributed by atoms with van der Waals surface area (Å²) < 4.78 is 13.0. The average Bonchev–Trinajstić information content (AvgIpc) is 2.40. The van der Waals surface area contributed by atoms with Crippen molar-refractivity contribution in [2.75, 3.05) is 11.1 Å². The molecule has 0 radical (unpaired) electrons. The first-order valence-corrected chi connectivity index (χ1v) is 6.16. The fourth-order valence-electron chi connectivity index (χ4n) is 1.97. The van der Waals surface area contributed by atoms with Crippen molar-refractivity contribution in [1.29, 1.82) is 0 Å². The molecule has 2 rings (SSSR count). The molecule has 0 saturated heterocycles. The molecule has 0 bridgehead atoms. The Morgan fingerprint density at radius 2 is 1.86 bits per heavy atom. The standard InChI is InChI=1S/C15H14FN3O2/c1-8-10(14(18)20)3-2-4-13(8)19-15(21)11-6-5-9(16)7-12(11)17/h2-7H,17H2,1H3,(H2,18,20)(H,19,21). The number of halogens is 1. The first-order valence-electron chi connectivity index (χ1n) is 6.16. The van der Waals surface area contributed by atoms with Crippen LogP contribution in [0, 0.1) is 12.7 Å². The Labute approximate surface area is 120 Å². The molecule has 5 nitrogen and oxygen atoms in total. The number of primary amides is 1. The number of hydrogen-bond donors (Lipinski definition) is 3. The third kappa shape index (κ3) is 3.00. The minimum atomic E-state index is -0.579. The van der Waals surface area contributed by atoms with Gasteiger partial charge >= 0.3 is 0 Å². The first kappa shape index (κ1) is 14.5. The molecule has 0 aliphatic heterocycles. The van der Waals surface area contributed by atoms with Crippen LogP contribution in [0.25, 0.3) is 0 Å². The van der Waals surface area contributed by atoms with Crippen molar-refractivity contribution in [2.24, 2.45) is 5.73 Å². The summed E-state index contributed by atoms with van der Waals surface area (Å²) >= 11 is 0. The summed E-state index contributed by atoms with van der Waals surface area (Å²) in [5.74, 6) is -1.59. The van der Waals surface area contributed by atoms with Crippen molar-refractivity contribution in [1.82, 2.24) is 0 Å². The zero-order valence-corrected chi connectivity index (χ0v) is 11.3. The summed E-state index contributed by atoms with van der Waals surface area (Å²) in [5.41, 5.74) is 12.4. The highest BCUT2D eigenvalue weighted by molar-refractivity contribution is 6.08. The van der Waals surface area contributed by atoms with Crippen LogP contribution in [0.1, 0.15) is 26.3 Å². The van der Waals surface area contributed by atoms with Crippen molar-refractivity contribution < 1.29 is 14.0 Å². The third-order valence-electron chi connectivity index (χ3n) is 3.11. The van der Waals surface area contributed by atoms with Crippen LogP contribution >= 0.6 is 0 Å². The van der Waals surface area contributed by atoms with Crippen LogP contribution in [0.5, 0.6) is 0 Å². The molecule has 0 saturated carbocycles. The summed E-state index contributed by atoms with van der Waals surface area (Å²) in [5, 5.41) is 2.63. The molecule has 2 aromatic carbocycles. The van der Waals surface area contributed by atoms with Crippen molar-refractivity contribution in [3.8, 4) is 0 Å². The summed E-state index contributed by atoms with van der Waals surface area (Å²) in [4.78, 5) is 23.4. The quantitative estimate of drug-likeness (QED) is 0.753. The molecular formula is C15H14FN3O2. The molecule has 21 heavy (non-hydrogen) atoms. The van der Waals surface area contributed by atoms with Crippen LogP contribution in [-0.2, 0) is 0 Å². The van der Waals surface area contributed by atoms with Gasteiger partial charge in [-0.3, -0.25) is 9.59 Å². The molecule has 0 aliphatic carbocycles. The van der Waals surface area contributed by atoms with Gasteiger partial charge < -0.3 is 16.8 Å². The van der Waals surface area contributed by atoms with E-state index in [9.17, 15) is 14.0 Å². The number of amides is 2. The van der Waals surface area contributed by atoms with Crippen molar-refractivity contribution >= 4 is 23.2 Å². The van der Waals surface area contributed by atoms with Gasteiger partial charge in [0.2, 0.25) is 5.91 Å². The third-order valence-corrected chi connectivity index (χ3v) is 3.11. The minimum absolute atomic E-state index is 0.0382. The number of anilines is 2. The van der Waals surface area contributed by atoms with E-state index in [-0.39, 0.29) is 11.3 Å². The van der Waals surface area contributed by atoms with Gasteiger partial charge in [-0.25, -0.2) is 4.39 Å². The fraction of sp³-hybridized carbons (Fsp3) is 0.0667. The van der Waals surface area contributed by atoms with Crippen molar-refractivity contribution in [3.05, 3.63) is 58.9 Å². The van der Waals surface area contributed by atoms with Crippen molar-refractivity contribution in [3.63, 3.8) is 0 Å². The summed E-state index contributed by atoms with van der Waals surface area (Å²) in [6, 6.07) is 8.34. The lowest BCUT2D eigenvalue weighted by molar-refractivity contribution is 0.0995. The van der Waals surface area contributed by atoms with Crippen LogP contribution in [-0.4, -0.2) is 11.8 Å². The molecule has 0 atom stereocenters. The van der Waals surface area contributed by atoms with Crippen LogP contribution in [0.15, 0.2) is 36.4 Å². The van der Waals surface area contributed by atoms with Gasteiger partial charge in [-0.15, -0.1) is 0 Å². The maximum absolute atomic E-state index is 13.0. The Bertz CT molecular complexity index is 729. The highest BCUT2D eigenvalue weighted by Gasteiger charge is 2.14. The largest absolute Gasteiger partial charge is 0.398 e. The molecule has 0 heterocycles. The van der Waals surface area contributed by atoms with Crippen molar-refractivity contribution in [2.45, 2.75) is 6.92 Å². The number of nitrogens with one attached hydrogen (secondary N) is 1. The predicted molar refractivity (Wildman–Crippen MR) is 78.5 cm³/mol. The molecule has 0 aromatic heterocycles. The van der Waals surface area contributed by atoms with E-state index >= 15 is 0 Å². The Morgan fingerprint density at radius 1 is 1.14 bits per heavy atom. The number of nitrogens with two attached hydrogens (primary N) is 2. The number of hydrogen-bond acceptors (Lipinski definition) is 3. The normalized spacial score (nSPS) is 10.2. The van der Waals surface area contributed by atoms with E-state index in [1.807, 2.05) is 0 Å². The van der Waals surface area contributed by atoms with Gasteiger partial charge in [0.15, 0.2) is 0 Å². The van der Waals surface area contributed by atoms with Gasteiger partial charge in [-0.05, 0) is 42.8 Å². The van der Waals surface area contributed by atoms with Gasteiger partial charge in [0.1, 0.15) is 5.82 Å². The Kier molecular flexibility index (Phi) is 3.89. The van der Waals surface area contributed by atoms with E-state index in [0.29, 0.717) is 16.8 Å². The van der Waals surface area contributed by atoms with Gasteiger partial charge in [0.05, 0.1) is 5.56 Å². The zero-order valence-electron chi connectivity index (χ0n) is 11.3. The van der Waals surface area contributed by atoms with E-state index < -0.39 is 17.6 Å². The predicted octanol–water partition coefficient (Wildman–Crippen LogP) is 2.07. The van der Waals surface area contributed by atoms with Gasteiger partial charge in [-0.1, -0.05) is 6.07 Å². The second-order valence-corrected chi connectivity index (χ2v) is 4.53. The molecule has 6 heteroatoms. The van der Waals surface area contributed by atoms with Gasteiger partial charge in [0.25, 0.3) is 5.91 Å². The summed E-state index contributed by atoms with van der Waals surface area (Å²) in [6.07, 6.45) is 0. The maximum Gasteiger partial charge on any atom is 0.257 e. The Balaban J connectivity index is 2.32. The monoisotopic (exact) mass is 287 g/mol. The molecular weight excluding hydrogens is 273 g/mol. The van der Waals surface area contributed by atoms with Crippen LogP contribution in [0.2, 0.25) is 0 Å². The number of carbonyl (C=O) groups excluding carboxylic acids is 2. The van der Waals surface area contributed by atoms with Crippen LogP contribution in [0.3, 0.4) is 0 Å². The molecule has 108 valence electrons. The summed E-state index contributed by atoms with van der Waals surface area (Å²) in [6.45, 7) is 1.67. The lowest BCUT2D eigenvalue weighted by atomic mass is 10.1. The van der Waals surface area contributed by atoms with Crippen LogP contribution in [0.4, 0.5) is 15.8 Å². The zero-order chi connectivity index (χ0) is 15.6. The van der Waals surface area contributed by atoms with E-state index in [2.05, 4.69) is 5.32 Å². The summed E-state index contributed by atoms with van der Waals surface area (Å²) in [7, 11) is 0. The minimum Gasteiger partial charge on any atom is -0.398 e. The van der Waals surface area contributed by atoms with E-state index in [4.69, 9.17) is 11.5 Å². The van der Waals surface area contributed by atoms with Crippen LogP contribution < -0.4 is 16.8 Å². The molecule has 0 fully saturated rings. The molecule has 0 unspecified atom stereocenters. The molecule has 5 N–H and O–H groups in total. The topological polar surface area (TPSA) is 98.2 Å². The van der Waals surface area contributed by atoms with Gasteiger partial charge in [0, 0.05) is 16.9 Å². The Hall–Kier alpha value is -2.89. The lowest BCUT2D eigenvalue weighted by Gasteiger charge is -2.12. The van der Waals surface area contributed by atoms with E-state index in [1.54, 1.807) is 25.1 Å². The van der Waals surface area contributed by atoms with Gasteiger partial charge in [-0.2, -0.15) is 0 Å². The number of nitrogen functional groups attached to an aromatic ring is 1. The molecule has 0 aliphatic rings. The highest BCUT2D eigenvalue weighted by atomic mass is 19.1. The lowest BCUT2D eigenvalue weighted by Crippen LogP contribution is -2.17. The first-order chi connectivity index (χ1) is 9.90. The molecule has 2 aromatic rings. The average molecular weight is 287 g/mol. The number of benzene rings is 2. The Morgan fingerprint density at radius 3 is 2.48 bits per heavy atom. The maximum atomic E-state index is 13.0. The van der Waals surface area contributed by atoms with E-state index in [1.165, 1.54) is 6.07 Å². The smallest absolute Gasteiger partial charge is 0.257 e. The number of rotatable bonds is 3. The molecule has 0 spiro atoms. The fourth-order valence-corrected chi connectivity index (χ4v) is 1.97. The second kappa shape index (κ2) is 5.62. The number of carbonyl (C=O) groups is 2. The highest BCUT2D eigenvalue weighted by Crippen LogP contribution is 2.21. The second-order valence-electron chi connectivity index (χ2n) is 4.53.